The number of nitrogens with zero attached hydrogens (tertiary/aromatic N) is 1. The lowest BCUT2D eigenvalue weighted by molar-refractivity contribution is -0.133. The lowest BCUT2D eigenvalue weighted by Crippen LogP contribution is -2.54. The topological polar surface area (TPSA) is 48.0 Å². The molecule has 1 aliphatic rings. The highest BCUT2D eigenvalue weighted by molar-refractivity contribution is 5.68. The SMILES string of the molecule is COC(=O)N1C(C)COCC1OC. The number of carbonyl (C=O) groups is 1. The van der Waals surface area contributed by atoms with Crippen LogP contribution in [0.3, 0.4) is 0 Å². The van der Waals surface area contributed by atoms with E-state index in [0.717, 1.165) is 0 Å². The molecule has 0 radical (unpaired) electrons. The molecule has 5 heteroatoms. The zero-order valence-corrected chi connectivity index (χ0v) is 8.15. The highest BCUT2D eigenvalue weighted by Crippen LogP contribution is 2.14. The van der Waals surface area contributed by atoms with Crippen molar-refractivity contribution in [3.8, 4) is 0 Å². The van der Waals surface area contributed by atoms with E-state index in [0.29, 0.717) is 13.2 Å². The Morgan fingerprint density at radius 3 is 2.69 bits per heavy atom. The van der Waals surface area contributed by atoms with Crippen molar-refractivity contribution in [3.63, 3.8) is 0 Å². The molecular weight excluding hydrogens is 174 g/mol. The average Bonchev–Trinajstić information content (AvgIpc) is 2.16. The number of hydrogen-bond acceptors (Lipinski definition) is 4. The molecule has 1 fully saturated rings. The Balaban J connectivity index is 2.67. The van der Waals surface area contributed by atoms with Crippen molar-refractivity contribution in [2.45, 2.75) is 19.2 Å². The maximum atomic E-state index is 11.3. The summed E-state index contributed by atoms with van der Waals surface area (Å²) >= 11 is 0. The summed E-state index contributed by atoms with van der Waals surface area (Å²) in [5, 5.41) is 0. The molecule has 1 aliphatic heterocycles. The minimum absolute atomic E-state index is 0.00819. The number of morpholine rings is 1. The summed E-state index contributed by atoms with van der Waals surface area (Å²) in [5.41, 5.74) is 0. The van der Waals surface area contributed by atoms with Crippen molar-refractivity contribution < 1.29 is 19.0 Å². The van der Waals surface area contributed by atoms with Crippen LogP contribution >= 0.6 is 0 Å². The molecule has 0 aliphatic carbocycles. The summed E-state index contributed by atoms with van der Waals surface area (Å²) in [5.74, 6) is 0. The van der Waals surface area contributed by atoms with E-state index in [-0.39, 0.29) is 18.4 Å². The van der Waals surface area contributed by atoms with Crippen molar-refractivity contribution in [1.82, 2.24) is 4.90 Å². The van der Waals surface area contributed by atoms with E-state index in [1.165, 1.54) is 7.11 Å². The maximum Gasteiger partial charge on any atom is 0.411 e. The second kappa shape index (κ2) is 4.43. The normalized spacial score (nSPS) is 28.7. The third-order valence-electron chi connectivity index (χ3n) is 2.06. The second-order valence-corrected chi connectivity index (χ2v) is 2.95. The molecule has 0 aromatic carbocycles. The van der Waals surface area contributed by atoms with Crippen molar-refractivity contribution in [3.05, 3.63) is 0 Å². The van der Waals surface area contributed by atoms with Gasteiger partial charge in [0.2, 0.25) is 0 Å². The largest absolute Gasteiger partial charge is 0.453 e. The van der Waals surface area contributed by atoms with Crippen LogP contribution in [0.25, 0.3) is 0 Å². The molecule has 0 spiro atoms. The standard InChI is InChI=1S/C8H15NO4/c1-6-4-13-5-7(11-2)9(6)8(10)12-3/h6-7H,4-5H2,1-3H3. The van der Waals surface area contributed by atoms with Crippen molar-refractivity contribution in [1.29, 1.82) is 0 Å². The van der Waals surface area contributed by atoms with E-state index in [4.69, 9.17) is 9.47 Å². The number of rotatable bonds is 1. The molecule has 1 rings (SSSR count). The zero-order chi connectivity index (χ0) is 9.84. The summed E-state index contributed by atoms with van der Waals surface area (Å²) < 4.78 is 15.0. The average molecular weight is 189 g/mol. The van der Waals surface area contributed by atoms with Gasteiger partial charge in [0.1, 0.15) is 0 Å². The number of amides is 1. The van der Waals surface area contributed by atoms with E-state index >= 15 is 0 Å². The van der Waals surface area contributed by atoms with Crippen LogP contribution in [0.4, 0.5) is 4.79 Å². The Morgan fingerprint density at radius 2 is 2.15 bits per heavy atom. The monoisotopic (exact) mass is 189 g/mol. The van der Waals surface area contributed by atoms with Crippen molar-refractivity contribution >= 4 is 6.09 Å². The van der Waals surface area contributed by atoms with Gasteiger partial charge in [0.15, 0.2) is 6.23 Å². The molecule has 0 aromatic heterocycles. The fourth-order valence-corrected chi connectivity index (χ4v) is 1.37. The van der Waals surface area contributed by atoms with Crippen molar-refractivity contribution in [2.24, 2.45) is 0 Å². The zero-order valence-electron chi connectivity index (χ0n) is 8.15. The van der Waals surface area contributed by atoms with Gasteiger partial charge < -0.3 is 14.2 Å². The summed E-state index contributed by atoms with van der Waals surface area (Å²) in [7, 11) is 2.90. The van der Waals surface area contributed by atoms with E-state index < -0.39 is 0 Å². The molecule has 0 N–H and O–H groups in total. The van der Waals surface area contributed by atoms with Gasteiger partial charge in [-0.1, -0.05) is 0 Å². The van der Waals surface area contributed by atoms with Gasteiger partial charge in [-0.2, -0.15) is 0 Å². The van der Waals surface area contributed by atoms with Crippen LogP contribution in [0.5, 0.6) is 0 Å². The smallest absolute Gasteiger partial charge is 0.411 e. The second-order valence-electron chi connectivity index (χ2n) is 2.95. The molecule has 2 atom stereocenters. The molecule has 0 aromatic rings. The number of hydrogen-bond donors (Lipinski definition) is 0. The molecule has 0 saturated carbocycles. The van der Waals surface area contributed by atoms with Gasteiger partial charge in [-0.25, -0.2) is 4.79 Å². The van der Waals surface area contributed by atoms with Gasteiger partial charge in [0, 0.05) is 7.11 Å². The molecular formula is C8H15NO4. The Kier molecular flexibility index (Phi) is 3.50. The third-order valence-corrected chi connectivity index (χ3v) is 2.06. The first kappa shape index (κ1) is 10.3. The third kappa shape index (κ3) is 2.10. The first-order chi connectivity index (χ1) is 6.20. The Labute approximate surface area is 77.6 Å². The van der Waals surface area contributed by atoms with Crippen LogP contribution in [0.1, 0.15) is 6.92 Å². The Bertz CT molecular complexity index is 185. The number of methoxy groups -OCH3 is 2. The van der Waals surface area contributed by atoms with Gasteiger partial charge in [-0.15, -0.1) is 0 Å². The highest BCUT2D eigenvalue weighted by Gasteiger charge is 2.33. The fourth-order valence-electron chi connectivity index (χ4n) is 1.37. The lowest BCUT2D eigenvalue weighted by atomic mass is 10.2. The van der Waals surface area contributed by atoms with Gasteiger partial charge >= 0.3 is 6.09 Å². The predicted octanol–water partition coefficient (Wildman–Crippen LogP) is 0.446. The minimum atomic E-state index is -0.373. The van der Waals surface area contributed by atoms with Gasteiger partial charge in [-0.3, -0.25) is 4.90 Å². The number of carbonyl (C=O) groups excluding carboxylic acids is 1. The van der Waals surface area contributed by atoms with Crippen molar-refractivity contribution in [2.75, 3.05) is 27.4 Å². The van der Waals surface area contributed by atoms with Gasteiger partial charge in [0.05, 0.1) is 26.4 Å². The summed E-state index contributed by atoms with van der Waals surface area (Å²) in [4.78, 5) is 12.9. The molecule has 1 amide bonds. The van der Waals surface area contributed by atoms with E-state index in [2.05, 4.69) is 4.74 Å². The lowest BCUT2D eigenvalue weighted by Gasteiger charge is -2.37. The van der Waals surface area contributed by atoms with E-state index in [1.807, 2.05) is 6.92 Å². The van der Waals surface area contributed by atoms with Crippen LogP contribution in [0.15, 0.2) is 0 Å². The molecule has 5 nitrogen and oxygen atoms in total. The summed E-state index contributed by atoms with van der Waals surface area (Å²) in [6.07, 6.45) is -0.709. The molecule has 13 heavy (non-hydrogen) atoms. The first-order valence-electron chi connectivity index (χ1n) is 4.17. The highest BCUT2D eigenvalue weighted by atomic mass is 16.6. The fraction of sp³-hybridized carbons (Fsp3) is 0.875. The first-order valence-corrected chi connectivity index (χ1v) is 4.17. The molecule has 0 bridgehead atoms. The van der Waals surface area contributed by atoms with Crippen LogP contribution in [0.2, 0.25) is 0 Å². The van der Waals surface area contributed by atoms with Crippen LogP contribution in [-0.2, 0) is 14.2 Å². The van der Waals surface area contributed by atoms with Gasteiger partial charge in [0.25, 0.3) is 0 Å². The summed E-state index contributed by atoms with van der Waals surface area (Å²) in [6, 6.07) is -0.00819. The van der Waals surface area contributed by atoms with Gasteiger partial charge in [-0.05, 0) is 6.92 Å². The maximum absolute atomic E-state index is 11.3. The molecule has 76 valence electrons. The van der Waals surface area contributed by atoms with E-state index in [9.17, 15) is 4.79 Å². The van der Waals surface area contributed by atoms with Crippen LogP contribution in [0, 0.1) is 0 Å². The molecule has 2 unspecified atom stereocenters. The van der Waals surface area contributed by atoms with Crippen LogP contribution < -0.4 is 0 Å². The van der Waals surface area contributed by atoms with Crippen LogP contribution in [-0.4, -0.2) is 50.7 Å². The quantitative estimate of drug-likeness (QED) is 0.600. The number of ether oxygens (including phenoxy) is 3. The Morgan fingerprint density at radius 1 is 1.46 bits per heavy atom. The Hall–Kier alpha value is -0.810. The summed E-state index contributed by atoms with van der Waals surface area (Å²) in [6.45, 7) is 2.81. The minimum Gasteiger partial charge on any atom is -0.453 e. The molecule has 1 saturated heterocycles. The van der Waals surface area contributed by atoms with E-state index in [1.54, 1.807) is 12.0 Å². The molecule has 1 heterocycles. The predicted molar refractivity (Wildman–Crippen MR) is 45.3 cm³/mol.